The van der Waals surface area contributed by atoms with E-state index < -0.39 is 0 Å². The second-order valence-corrected chi connectivity index (χ2v) is 7.95. The van der Waals surface area contributed by atoms with Crippen molar-refractivity contribution < 1.29 is 4.79 Å². The first kappa shape index (κ1) is 16.0. The minimum atomic E-state index is 0.117. The average Bonchev–Trinajstić information content (AvgIpc) is 2.75. The maximum atomic E-state index is 11.9. The number of aryl methyl sites for hydroxylation is 1. The number of nitrogens with one attached hydrogen (secondary N) is 1. The molecule has 112 valence electrons. The molecule has 0 saturated carbocycles. The van der Waals surface area contributed by atoms with E-state index in [4.69, 9.17) is 0 Å². The van der Waals surface area contributed by atoms with E-state index in [9.17, 15) is 4.79 Å². The SMILES string of the molecule is Cc1sc(CNC2CCN(C(=O)C(C)C)CC2)cc1Br. The molecule has 0 spiro atoms. The summed E-state index contributed by atoms with van der Waals surface area (Å²) < 4.78 is 1.21. The molecule has 0 atom stereocenters. The number of carbonyl (C=O) groups excluding carboxylic acids is 1. The molecule has 1 aliphatic heterocycles. The lowest BCUT2D eigenvalue weighted by atomic mass is 10.0. The Morgan fingerprint density at radius 3 is 2.65 bits per heavy atom. The van der Waals surface area contributed by atoms with E-state index in [1.807, 2.05) is 30.1 Å². The van der Waals surface area contributed by atoms with Crippen LogP contribution in [0.4, 0.5) is 0 Å². The molecule has 1 aromatic heterocycles. The van der Waals surface area contributed by atoms with Crippen molar-refractivity contribution in [3.8, 4) is 0 Å². The molecule has 0 aromatic carbocycles. The zero-order chi connectivity index (χ0) is 14.7. The normalized spacial score (nSPS) is 16.9. The fourth-order valence-electron chi connectivity index (χ4n) is 2.52. The summed E-state index contributed by atoms with van der Waals surface area (Å²) in [5.41, 5.74) is 0. The lowest BCUT2D eigenvalue weighted by Gasteiger charge is -2.33. The Hall–Kier alpha value is -0.390. The molecule has 1 N–H and O–H groups in total. The zero-order valence-electron chi connectivity index (χ0n) is 12.4. The third-order valence-electron chi connectivity index (χ3n) is 3.77. The lowest BCUT2D eigenvalue weighted by molar-refractivity contribution is -0.135. The number of piperidine rings is 1. The number of likely N-dealkylation sites (tertiary alicyclic amines) is 1. The molecule has 2 rings (SSSR count). The zero-order valence-corrected chi connectivity index (χ0v) is 14.8. The van der Waals surface area contributed by atoms with Crippen LogP contribution in [0.1, 0.15) is 36.4 Å². The number of rotatable bonds is 4. The van der Waals surface area contributed by atoms with Gasteiger partial charge in [0.05, 0.1) is 0 Å². The highest BCUT2D eigenvalue weighted by Crippen LogP contribution is 2.26. The third-order valence-corrected chi connectivity index (χ3v) is 5.91. The first-order chi connectivity index (χ1) is 9.47. The molecule has 1 aromatic rings. The van der Waals surface area contributed by atoms with Crippen LogP contribution in [-0.4, -0.2) is 29.9 Å². The summed E-state index contributed by atoms with van der Waals surface area (Å²) in [6, 6.07) is 2.73. The maximum Gasteiger partial charge on any atom is 0.225 e. The molecule has 1 saturated heterocycles. The van der Waals surface area contributed by atoms with Gasteiger partial charge in [0.15, 0.2) is 0 Å². The van der Waals surface area contributed by atoms with Gasteiger partial charge in [-0.25, -0.2) is 0 Å². The number of halogens is 1. The fraction of sp³-hybridized carbons (Fsp3) is 0.667. The summed E-state index contributed by atoms with van der Waals surface area (Å²) in [5, 5.41) is 3.62. The summed E-state index contributed by atoms with van der Waals surface area (Å²) in [4.78, 5) is 16.6. The van der Waals surface area contributed by atoms with Gasteiger partial charge in [0.25, 0.3) is 0 Å². The molecular formula is C15H23BrN2OS. The highest BCUT2D eigenvalue weighted by molar-refractivity contribution is 9.10. The molecular weight excluding hydrogens is 336 g/mol. The van der Waals surface area contributed by atoms with Crippen molar-refractivity contribution in [2.45, 2.75) is 46.2 Å². The van der Waals surface area contributed by atoms with Crippen molar-refractivity contribution >= 4 is 33.2 Å². The van der Waals surface area contributed by atoms with Crippen LogP contribution in [0.5, 0.6) is 0 Å². The van der Waals surface area contributed by atoms with Crippen LogP contribution < -0.4 is 5.32 Å². The highest BCUT2D eigenvalue weighted by Gasteiger charge is 2.23. The maximum absolute atomic E-state index is 11.9. The fourth-order valence-corrected chi connectivity index (χ4v) is 4.07. The standard InChI is InChI=1S/C15H23BrN2OS/c1-10(2)15(19)18-6-4-12(5-7-18)17-9-13-8-14(16)11(3)20-13/h8,10,12,17H,4-7,9H2,1-3H3. The van der Waals surface area contributed by atoms with Gasteiger partial charge in [0, 0.05) is 45.8 Å². The van der Waals surface area contributed by atoms with Crippen molar-refractivity contribution in [3.05, 3.63) is 20.3 Å². The molecule has 1 aliphatic rings. The Kier molecular flexibility index (Phi) is 5.64. The predicted molar refractivity (Wildman–Crippen MR) is 88.0 cm³/mol. The van der Waals surface area contributed by atoms with Crippen molar-refractivity contribution in [1.29, 1.82) is 0 Å². The molecule has 1 fully saturated rings. The second kappa shape index (κ2) is 7.05. The number of hydrogen-bond donors (Lipinski definition) is 1. The molecule has 3 nitrogen and oxygen atoms in total. The van der Waals surface area contributed by atoms with Crippen LogP contribution >= 0.6 is 27.3 Å². The minimum absolute atomic E-state index is 0.117. The summed E-state index contributed by atoms with van der Waals surface area (Å²) >= 11 is 5.40. The van der Waals surface area contributed by atoms with E-state index in [0.717, 1.165) is 32.5 Å². The van der Waals surface area contributed by atoms with Crippen molar-refractivity contribution in [1.82, 2.24) is 10.2 Å². The van der Waals surface area contributed by atoms with Crippen LogP contribution in [0.3, 0.4) is 0 Å². The molecule has 0 unspecified atom stereocenters. The number of carbonyl (C=O) groups is 1. The summed E-state index contributed by atoms with van der Waals surface area (Å²) in [6.07, 6.45) is 2.12. The lowest BCUT2D eigenvalue weighted by Crippen LogP contribution is -2.45. The largest absolute Gasteiger partial charge is 0.342 e. The van der Waals surface area contributed by atoms with Crippen LogP contribution in [-0.2, 0) is 11.3 Å². The Morgan fingerprint density at radius 1 is 1.50 bits per heavy atom. The minimum Gasteiger partial charge on any atom is -0.342 e. The number of thiophene rings is 1. The van der Waals surface area contributed by atoms with Gasteiger partial charge in [0.1, 0.15) is 0 Å². The number of nitrogens with zero attached hydrogens (tertiary/aromatic N) is 1. The third kappa shape index (κ3) is 4.06. The predicted octanol–water partition coefficient (Wildman–Crippen LogP) is 3.56. The smallest absolute Gasteiger partial charge is 0.225 e. The molecule has 0 aliphatic carbocycles. The Bertz CT molecular complexity index is 445. The van der Waals surface area contributed by atoms with Gasteiger partial charge < -0.3 is 10.2 Å². The summed E-state index contributed by atoms with van der Waals surface area (Å²) in [6.45, 7) is 8.80. The topological polar surface area (TPSA) is 32.3 Å². The van der Waals surface area contributed by atoms with Gasteiger partial charge in [-0.15, -0.1) is 11.3 Å². The van der Waals surface area contributed by atoms with Crippen molar-refractivity contribution in [2.75, 3.05) is 13.1 Å². The summed E-state index contributed by atoms with van der Waals surface area (Å²) in [7, 11) is 0. The van der Waals surface area contributed by atoms with E-state index in [1.54, 1.807) is 0 Å². The van der Waals surface area contributed by atoms with Gasteiger partial charge in [-0.05, 0) is 41.8 Å². The van der Waals surface area contributed by atoms with Gasteiger partial charge >= 0.3 is 0 Å². The average molecular weight is 359 g/mol. The van der Waals surface area contributed by atoms with Gasteiger partial charge in [-0.1, -0.05) is 13.8 Å². The van der Waals surface area contributed by atoms with Crippen LogP contribution in [0.2, 0.25) is 0 Å². The molecule has 0 bridgehead atoms. The second-order valence-electron chi connectivity index (χ2n) is 5.75. The quantitative estimate of drug-likeness (QED) is 0.892. The van der Waals surface area contributed by atoms with Gasteiger partial charge in [-0.2, -0.15) is 0 Å². The van der Waals surface area contributed by atoms with E-state index in [1.165, 1.54) is 14.2 Å². The first-order valence-electron chi connectivity index (χ1n) is 7.24. The molecule has 20 heavy (non-hydrogen) atoms. The number of amides is 1. The van der Waals surface area contributed by atoms with E-state index in [-0.39, 0.29) is 5.92 Å². The molecule has 0 radical (unpaired) electrons. The van der Waals surface area contributed by atoms with Crippen LogP contribution in [0.25, 0.3) is 0 Å². The monoisotopic (exact) mass is 358 g/mol. The van der Waals surface area contributed by atoms with E-state index in [2.05, 4.69) is 34.2 Å². The Balaban J connectivity index is 1.76. The van der Waals surface area contributed by atoms with Crippen LogP contribution in [0, 0.1) is 12.8 Å². The van der Waals surface area contributed by atoms with Gasteiger partial charge in [-0.3, -0.25) is 4.79 Å². The highest BCUT2D eigenvalue weighted by atomic mass is 79.9. The molecule has 2 heterocycles. The molecule has 5 heteroatoms. The van der Waals surface area contributed by atoms with Crippen molar-refractivity contribution in [3.63, 3.8) is 0 Å². The first-order valence-corrected chi connectivity index (χ1v) is 8.85. The van der Waals surface area contributed by atoms with E-state index >= 15 is 0 Å². The van der Waals surface area contributed by atoms with Gasteiger partial charge in [0.2, 0.25) is 5.91 Å². The Morgan fingerprint density at radius 2 is 2.15 bits per heavy atom. The van der Waals surface area contributed by atoms with E-state index in [0.29, 0.717) is 11.9 Å². The molecule has 1 amide bonds. The van der Waals surface area contributed by atoms with Crippen molar-refractivity contribution in [2.24, 2.45) is 5.92 Å². The van der Waals surface area contributed by atoms with Crippen LogP contribution in [0.15, 0.2) is 10.5 Å². The number of hydrogen-bond acceptors (Lipinski definition) is 3. The Labute approximate surface area is 133 Å². The summed E-state index contributed by atoms with van der Waals surface area (Å²) in [5.74, 6) is 0.409.